The molecule has 0 saturated carbocycles. The molecule has 0 amide bonds. The van der Waals surface area contributed by atoms with Crippen molar-refractivity contribution in [1.29, 1.82) is 0 Å². The van der Waals surface area contributed by atoms with Gasteiger partial charge >= 0.3 is 0 Å². The van der Waals surface area contributed by atoms with Gasteiger partial charge in [0.2, 0.25) is 5.95 Å². The molecule has 0 radical (unpaired) electrons. The van der Waals surface area contributed by atoms with Crippen LogP contribution in [0.5, 0.6) is 0 Å². The van der Waals surface area contributed by atoms with Gasteiger partial charge in [-0.2, -0.15) is 4.98 Å². The molecule has 0 bridgehead atoms. The fourth-order valence-corrected chi connectivity index (χ4v) is 2.19. The lowest BCUT2D eigenvalue weighted by molar-refractivity contribution is 0.585. The summed E-state index contributed by atoms with van der Waals surface area (Å²) in [5.74, 6) is 1.96. The molecule has 110 valence electrons. The van der Waals surface area contributed by atoms with Gasteiger partial charge in [0.15, 0.2) is 0 Å². The molecule has 0 atom stereocenters. The minimum atomic E-state index is 0.481. The van der Waals surface area contributed by atoms with E-state index in [1.54, 1.807) is 12.4 Å². The molecule has 1 fully saturated rings. The highest BCUT2D eigenvalue weighted by Gasteiger charge is 2.11. The number of anilines is 4. The van der Waals surface area contributed by atoms with Gasteiger partial charge in [-0.25, -0.2) is 9.97 Å². The lowest BCUT2D eigenvalue weighted by Crippen LogP contribution is -2.43. The first-order valence-electron chi connectivity index (χ1n) is 7.00. The standard InChI is InChI=1S/C14H19N7/c1-10-8-18-14(20-13(10)15)19-11-2-3-12(17-9-11)21-6-4-16-5-7-21/h2-3,8-9,16H,4-7H2,1H3,(H3,15,18,19,20). The molecule has 3 rings (SSSR count). The van der Waals surface area contributed by atoms with Crippen LogP contribution in [-0.4, -0.2) is 41.1 Å². The summed E-state index contributed by atoms with van der Waals surface area (Å²) in [7, 11) is 0. The molecule has 2 aromatic heterocycles. The van der Waals surface area contributed by atoms with Gasteiger partial charge in [-0.3, -0.25) is 0 Å². The van der Waals surface area contributed by atoms with Crippen LogP contribution in [0.25, 0.3) is 0 Å². The quantitative estimate of drug-likeness (QED) is 0.772. The molecule has 2 aromatic rings. The Balaban J connectivity index is 1.70. The third kappa shape index (κ3) is 3.19. The minimum Gasteiger partial charge on any atom is -0.383 e. The number of aromatic nitrogens is 3. The van der Waals surface area contributed by atoms with Gasteiger partial charge in [-0.15, -0.1) is 0 Å². The summed E-state index contributed by atoms with van der Waals surface area (Å²) < 4.78 is 0. The van der Waals surface area contributed by atoms with Gasteiger partial charge in [0, 0.05) is 37.9 Å². The molecule has 1 aliphatic heterocycles. The topological polar surface area (TPSA) is 92.0 Å². The predicted octanol–water partition coefficient (Wildman–Crippen LogP) is 0.915. The third-order valence-corrected chi connectivity index (χ3v) is 3.46. The van der Waals surface area contributed by atoms with E-state index in [0.717, 1.165) is 43.2 Å². The summed E-state index contributed by atoms with van der Waals surface area (Å²) in [6.45, 7) is 5.84. The average Bonchev–Trinajstić information content (AvgIpc) is 2.53. The number of pyridine rings is 1. The largest absolute Gasteiger partial charge is 0.383 e. The van der Waals surface area contributed by atoms with E-state index < -0.39 is 0 Å². The van der Waals surface area contributed by atoms with Crippen molar-refractivity contribution in [2.45, 2.75) is 6.92 Å². The number of piperazine rings is 1. The molecule has 4 N–H and O–H groups in total. The van der Waals surface area contributed by atoms with Crippen molar-refractivity contribution in [2.24, 2.45) is 0 Å². The van der Waals surface area contributed by atoms with Gasteiger partial charge in [0.05, 0.1) is 11.9 Å². The van der Waals surface area contributed by atoms with E-state index in [1.807, 2.05) is 19.1 Å². The first-order valence-corrected chi connectivity index (χ1v) is 7.00. The Bertz CT molecular complexity index is 605. The number of nitrogen functional groups attached to an aromatic ring is 1. The monoisotopic (exact) mass is 285 g/mol. The second-order valence-corrected chi connectivity index (χ2v) is 5.03. The molecule has 1 saturated heterocycles. The third-order valence-electron chi connectivity index (χ3n) is 3.46. The number of rotatable bonds is 3. The molecule has 7 heteroatoms. The molecule has 0 spiro atoms. The Labute approximate surface area is 123 Å². The van der Waals surface area contributed by atoms with Crippen LogP contribution in [0, 0.1) is 6.92 Å². The molecular formula is C14H19N7. The summed E-state index contributed by atoms with van der Waals surface area (Å²) in [6.07, 6.45) is 3.49. The van der Waals surface area contributed by atoms with Gasteiger partial charge in [0.1, 0.15) is 11.6 Å². The zero-order valence-corrected chi connectivity index (χ0v) is 12.0. The summed E-state index contributed by atoms with van der Waals surface area (Å²) >= 11 is 0. The molecule has 0 aromatic carbocycles. The van der Waals surface area contributed by atoms with Crippen LogP contribution >= 0.6 is 0 Å². The van der Waals surface area contributed by atoms with Gasteiger partial charge in [-0.1, -0.05) is 0 Å². The SMILES string of the molecule is Cc1cnc(Nc2ccc(N3CCNCC3)nc2)nc1N. The lowest BCUT2D eigenvalue weighted by atomic mass is 10.3. The molecule has 0 unspecified atom stereocenters. The van der Waals surface area contributed by atoms with E-state index in [9.17, 15) is 0 Å². The van der Waals surface area contributed by atoms with Gasteiger partial charge in [-0.05, 0) is 19.1 Å². The van der Waals surface area contributed by atoms with Crippen LogP contribution in [0.2, 0.25) is 0 Å². The summed E-state index contributed by atoms with van der Waals surface area (Å²) in [5, 5.41) is 6.43. The lowest BCUT2D eigenvalue weighted by Gasteiger charge is -2.28. The van der Waals surface area contributed by atoms with Crippen LogP contribution in [-0.2, 0) is 0 Å². The van der Waals surface area contributed by atoms with Crippen LogP contribution in [0.1, 0.15) is 5.56 Å². The average molecular weight is 285 g/mol. The van der Waals surface area contributed by atoms with Crippen molar-refractivity contribution in [3.8, 4) is 0 Å². The fraction of sp³-hybridized carbons (Fsp3) is 0.357. The second kappa shape index (κ2) is 5.92. The van der Waals surface area contributed by atoms with E-state index in [1.165, 1.54) is 0 Å². The van der Waals surface area contributed by atoms with Crippen molar-refractivity contribution in [3.63, 3.8) is 0 Å². The number of hydrogen-bond acceptors (Lipinski definition) is 7. The Hall–Kier alpha value is -2.41. The van der Waals surface area contributed by atoms with Crippen molar-refractivity contribution in [1.82, 2.24) is 20.3 Å². The van der Waals surface area contributed by atoms with Crippen LogP contribution in [0.4, 0.5) is 23.3 Å². The number of aryl methyl sites for hydroxylation is 1. The van der Waals surface area contributed by atoms with E-state index in [2.05, 4.69) is 30.5 Å². The fourth-order valence-electron chi connectivity index (χ4n) is 2.19. The maximum atomic E-state index is 5.78. The van der Waals surface area contributed by atoms with E-state index in [-0.39, 0.29) is 0 Å². The molecule has 3 heterocycles. The highest BCUT2D eigenvalue weighted by molar-refractivity contribution is 5.56. The van der Waals surface area contributed by atoms with Crippen LogP contribution in [0.3, 0.4) is 0 Å². The number of nitrogens with zero attached hydrogens (tertiary/aromatic N) is 4. The molecule has 0 aliphatic carbocycles. The second-order valence-electron chi connectivity index (χ2n) is 5.03. The Morgan fingerprint density at radius 1 is 1.19 bits per heavy atom. The summed E-state index contributed by atoms with van der Waals surface area (Å²) in [4.78, 5) is 15.1. The van der Waals surface area contributed by atoms with Gasteiger partial charge in [0.25, 0.3) is 0 Å². The van der Waals surface area contributed by atoms with Crippen molar-refractivity contribution < 1.29 is 0 Å². The number of hydrogen-bond donors (Lipinski definition) is 3. The first kappa shape index (κ1) is 13.6. The van der Waals surface area contributed by atoms with E-state index >= 15 is 0 Å². The maximum absolute atomic E-state index is 5.78. The number of nitrogens with one attached hydrogen (secondary N) is 2. The van der Waals surface area contributed by atoms with Crippen LogP contribution < -0.4 is 21.3 Å². The smallest absolute Gasteiger partial charge is 0.229 e. The maximum Gasteiger partial charge on any atom is 0.229 e. The summed E-state index contributed by atoms with van der Waals surface area (Å²) in [6, 6.07) is 3.98. The molecular weight excluding hydrogens is 266 g/mol. The normalized spacial score (nSPS) is 15.0. The van der Waals surface area contributed by atoms with Crippen LogP contribution in [0.15, 0.2) is 24.5 Å². The predicted molar refractivity (Wildman–Crippen MR) is 83.8 cm³/mol. The Morgan fingerprint density at radius 2 is 2.00 bits per heavy atom. The Morgan fingerprint density at radius 3 is 2.67 bits per heavy atom. The minimum absolute atomic E-state index is 0.481. The zero-order valence-electron chi connectivity index (χ0n) is 12.0. The van der Waals surface area contributed by atoms with Gasteiger partial charge < -0.3 is 21.3 Å². The molecule has 7 nitrogen and oxygen atoms in total. The molecule has 1 aliphatic rings. The first-order chi connectivity index (χ1) is 10.2. The van der Waals surface area contributed by atoms with Crippen molar-refractivity contribution >= 4 is 23.3 Å². The van der Waals surface area contributed by atoms with E-state index in [0.29, 0.717) is 11.8 Å². The highest BCUT2D eigenvalue weighted by atomic mass is 15.2. The van der Waals surface area contributed by atoms with E-state index in [4.69, 9.17) is 5.73 Å². The Kier molecular flexibility index (Phi) is 3.83. The number of nitrogens with two attached hydrogens (primary N) is 1. The highest BCUT2D eigenvalue weighted by Crippen LogP contribution is 2.18. The van der Waals surface area contributed by atoms with Crippen molar-refractivity contribution in [2.75, 3.05) is 42.1 Å². The zero-order chi connectivity index (χ0) is 14.7. The summed E-state index contributed by atoms with van der Waals surface area (Å²) in [5.41, 5.74) is 7.49. The molecule has 21 heavy (non-hydrogen) atoms. The van der Waals surface area contributed by atoms with Crippen molar-refractivity contribution in [3.05, 3.63) is 30.1 Å².